The third-order valence-corrected chi connectivity index (χ3v) is 2.68. The summed E-state index contributed by atoms with van der Waals surface area (Å²) in [7, 11) is 0. The number of hydrogen-bond acceptors (Lipinski definition) is 5. The van der Waals surface area contributed by atoms with Crippen LogP contribution in [-0.4, -0.2) is 24.8 Å². The summed E-state index contributed by atoms with van der Waals surface area (Å²) in [5.41, 5.74) is 7.60. The molecular weight excluding hydrogens is 330 g/mol. The van der Waals surface area contributed by atoms with Crippen molar-refractivity contribution in [1.29, 1.82) is 0 Å². The van der Waals surface area contributed by atoms with Crippen molar-refractivity contribution in [3.63, 3.8) is 0 Å². The molecule has 0 unspecified atom stereocenters. The van der Waals surface area contributed by atoms with E-state index in [0.717, 1.165) is 0 Å². The fourth-order valence-electron chi connectivity index (χ4n) is 1.32. The zero-order valence-electron chi connectivity index (χ0n) is 11.0. The number of urea groups is 1. The van der Waals surface area contributed by atoms with Gasteiger partial charge in [0, 0.05) is 17.0 Å². The molecule has 0 heterocycles. The number of hydrazone groups is 1. The number of amides is 2. The van der Waals surface area contributed by atoms with Gasteiger partial charge in [-0.15, -0.1) is 0 Å². The molecule has 0 spiro atoms. The van der Waals surface area contributed by atoms with E-state index in [1.54, 1.807) is 12.1 Å². The van der Waals surface area contributed by atoms with E-state index in [9.17, 15) is 9.59 Å². The molecule has 1 aromatic rings. The number of carbonyl (C=O) groups excluding carboxylic acids is 2. The standard InChI is InChI=1S/C12H14BrN3O4/c1-3-19-10-4-8(6-15-16-12(14)18)9(13)5-11(10)20-7(2)17/h4-6H,3H2,1-2H3,(H3,14,16,18)/b15-6+. The Morgan fingerprint density at radius 3 is 2.70 bits per heavy atom. The van der Waals surface area contributed by atoms with Crippen LogP contribution in [0.5, 0.6) is 11.5 Å². The molecule has 7 nitrogen and oxygen atoms in total. The van der Waals surface area contributed by atoms with Gasteiger partial charge in [-0.25, -0.2) is 10.2 Å². The largest absolute Gasteiger partial charge is 0.490 e. The molecule has 0 radical (unpaired) electrons. The van der Waals surface area contributed by atoms with Crippen molar-refractivity contribution in [2.75, 3.05) is 6.61 Å². The lowest BCUT2D eigenvalue weighted by Crippen LogP contribution is -2.24. The van der Waals surface area contributed by atoms with Crippen LogP contribution in [-0.2, 0) is 4.79 Å². The lowest BCUT2D eigenvalue weighted by atomic mass is 10.2. The van der Waals surface area contributed by atoms with Crippen LogP contribution in [0.4, 0.5) is 4.79 Å². The molecular formula is C12H14BrN3O4. The topological polar surface area (TPSA) is 103 Å². The molecule has 0 fully saturated rings. The van der Waals surface area contributed by atoms with Crippen LogP contribution in [0.1, 0.15) is 19.4 Å². The van der Waals surface area contributed by atoms with Crippen molar-refractivity contribution < 1.29 is 19.1 Å². The monoisotopic (exact) mass is 343 g/mol. The maximum Gasteiger partial charge on any atom is 0.332 e. The zero-order valence-corrected chi connectivity index (χ0v) is 12.6. The van der Waals surface area contributed by atoms with E-state index < -0.39 is 12.0 Å². The zero-order chi connectivity index (χ0) is 15.1. The van der Waals surface area contributed by atoms with Crippen LogP contribution in [0.2, 0.25) is 0 Å². The van der Waals surface area contributed by atoms with Crippen LogP contribution in [0.15, 0.2) is 21.7 Å². The van der Waals surface area contributed by atoms with Gasteiger partial charge in [0.2, 0.25) is 0 Å². The number of carbonyl (C=O) groups is 2. The van der Waals surface area contributed by atoms with E-state index in [2.05, 4.69) is 26.5 Å². The number of rotatable bonds is 5. The number of halogens is 1. The SMILES string of the molecule is CCOc1cc(/C=N/NC(N)=O)c(Br)cc1OC(C)=O. The van der Waals surface area contributed by atoms with Gasteiger partial charge in [-0.2, -0.15) is 5.10 Å². The number of esters is 1. The lowest BCUT2D eigenvalue weighted by molar-refractivity contribution is -0.132. The van der Waals surface area contributed by atoms with Crippen LogP contribution in [0.25, 0.3) is 0 Å². The first-order valence-corrected chi connectivity index (χ1v) is 6.46. The first-order valence-electron chi connectivity index (χ1n) is 5.67. The van der Waals surface area contributed by atoms with Crippen LogP contribution in [0, 0.1) is 0 Å². The molecule has 0 aliphatic rings. The first kappa shape index (κ1) is 16.0. The van der Waals surface area contributed by atoms with Gasteiger partial charge in [0.1, 0.15) is 0 Å². The molecule has 0 aliphatic heterocycles. The van der Waals surface area contributed by atoms with E-state index in [-0.39, 0.29) is 0 Å². The van der Waals surface area contributed by atoms with Crippen molar-refractivity contribution >= 4 is 34.1 Å². The molecule has 3 N–H and O–H groups in total. The minimum Gasteiger partial charge on any atom is -0.490 e. The van der Waals surface area contributed by atoms with E-state index >= 15 is 0 Å². The minimum absolute atomic E-state index is 0.297. The average molecular weight is 344 g/mol. The Bertz CT molecular complexity index is 546. The second-order valence-electron chi connectivity index (χ2n) is 3.58. The van der Waals surface area contributed by atoms with E-state index in [1.807, 2.05) is 6.92 Å². The molecule has 0 aliphatic carbocycles. The molecule has 0 saturated heterocycles. The number of nitrogens with zero attached hydrogens (tertiary/aromatic N) is 1. The Morgan fingerprint density at radius 1 is 1.45 bits per heavy atom. The van der Waals surface area contributed by atoms with Gasteiger partial charge < -0.3 is 15.2 Å². The summed E-state index contributed by atoms with van der Waals surface area (Å²) in [4.78, 5) is 21.6. The quantitative estimate of drug-likeness (QED) is 0.368. The lowest BCUT2D eigenvalue weighted by Gasteiger charge is -2.11. The highest BCUT2D eigenvalue weighted by Crippen LogP contribution is 2.33. The smallest absolute Gasteiger partial charge is 0.332 e. The molecule has 1 aromatic carbocycles. The Morgan fingerprint density at radius 2 is 2.15 bits per heavy atom. The van der Waals surface area contributed by atoms with Crippen LogP contribution < -0.4 is 20.6 Å². The molecule has 2 amide bonds. The summed E-state index contributed by atoms with van der Waals surface area (Å²) < 4.78 is 11.1. The van der Waals surface area contributed by atoms with E-state index in [1.165, 1.54) is 13.1 Å². The highest BCUT2D eigenvalue weighted by Gasteiger charge is 2.11. The molecule has 108 valence electrons. The molecule has 0 saturated carbocycles. The highest BCUT2D eigenvalue weighted by molar-refractivity contribution is 9.10. The normalized spacial score (nSPS) is 10.3. The number of nitrogens with one attached hydrogen (secondary N) is 1. The molecule has 0 bridgehead atoms. The summed E-state index contributed by atoms with van der Waals surface area (Å²) >= 11 is 3.31. The number of ether oxygens (including phenoxy) is 2. The average Bonchev–Trinajstić information content (AvgIpc) is 2.33. The fraction of sp³-hybridized carbons (Fsp3) is 0.250. The van der Waals surface area contributed by atoms with Gasteiger partial charge in [0.25, 0.3) is 0 Å². The number of hydrogen-bond donors (Lipinski definition) is 2. The number of primary amides is 1. The molecule has 0 atom stereocenters. The first-order chi connectivity index (χ1) is 9.43. The number of benzene rings is 1. The van der Waals surface area contributed by atoms with Crippen molar-refractivity contribution in [1.82, 2.24) is 5.43 Å². The van der Waals surface area contributed by atoms with Gasteiger partial charge in [0.05, 0.1) is 12.8 Å². The maximum absolute atomic E-state index is 11.0. The Labute approximate surface area is 124 Å². The summed E-state index contributed by atoms with van der Waals surface area (Å²) in [5.74, 6) is 0.243. The predicted molar refractivity (Wildman–Crippen MR) is 76.9 cm³/mol. The third kappa shape index (κ3) is 4.88. The van der Waals surface area contributed by atoms with E-state index in [4.69, 9.17) is 15.2 Å². The van der Waals surface area contributed by atoms with Crippen molar-refractivity contribution in [2.24, 2.45) is 10.8 Å². The second kappa shape index (κ2) is 7.49. The summed E-state index contributed by atoms with van der Waals surface area (Å²) in [5, 5.41) is 3.65. The van der Waals surface area contributed by atoms with E-state index in [0.29, 0.717) is 28.1 Å². The molecule has 20 heavy (non-hydrogen) atoms. The van der Waals surface area contributed by atoms with Crippen LogP contribution >= 0.6 is 15.9 Å². The highest BCUT2D eigenvalue weighted by atomic mass is 79.9. The Kier molecular flexibility index (Phi) is 5.98. The minimum atomic E-state index is -0.765. The Hall–Kier alpha value is -2.09. The molecule has 8 heteroatoms. The van der Waals surface area contributed by atoms with Gasteiger partial charge in [-0.05, 0) is 35.0 Å². The number of nitrogens with two attached hydrogens (primary N) is 1. The van der Waals surface area contributed by atoms with Gasteiger partial charge in [0.15, 0.2) is 11.5 Å². The van der Waals surface area contributed by atoms with Crippen molar-refractivity contribution in [2.45, 2.75) is 13.8 Å². The maximum atomic E-state index is 11.0. The predicted octanol–water partition coefficient (Wildman–Crippen LogP) is 1.78. The summed E-state index contributed by atoms with van der Waals surface area (Å²) in [6.45, 7) is 3.52. The van der Waals surface area contributed by atoms with Gasteiger partial charge in [-0.1, -0.05) is 0 Å². The fourth-order valence-corrected chi connectivity index (χ4v) is 1.74. The van der Waals surface area contributed by atoms with Crippen LogP contribution in [0.3, 0.4) is 0 Å². The van der Waals surface area contributed by atoms with Crippen molar-refractivity contribution in [3.8, 4) is 11.5 Å². The van der Waals surface area contributed by atoms with Gasteiger partial charge in [-0.3, -0.25) is 4.79 Å². The third-order valence-electron chi connectivity index (χ3n) is 1.99. The second-order valence-corrected chi connectivity index (χ2v) is 4.44. The van der Waals surface area contributed by atoms with Gasteiger partial charge >= 0.3 is 12.0 Å². The summed E-state index contributed by atoms with van der Waals surface area (Å²) in [6.07, 6.45) is 1.38. The molecule has 1 rings (SSSR count). The van der Waals surface area contributed by atoms with Crippen molar-refractivity contribution in [3.05, 3.63) is 22.2 Å². The Balaban J connectivity index is 3.08. The molecule has 0 aromatic heterocycles. The summed E-state index contributed by atoms with van der Waals surface area (Å²) in [6, 6.07) is 2.44.